The first-order valence-electron chi connectivity index (χ1n) is 9.99. The van der Waals surface area contributed by atoms with Crippen LogP contribution in [-0.4, -0.2) is 34.8 Å². The monoisotopic (exact) mass is 410 g/mol. The molecule has 158 valence electrons. The Bertz CT molecular complexity index is 972. The van der Waals surface area contributed by atoms with Crippen molar-refractivity contribution in [1.82, 2.24) is 4.90 Å². The molecule has 7 heteroatoms. The molecule has 1 aliphatic heterocycles. The van der Waals surface area contributed by atoms with E-state index in [-0.39, 0.29) is 23.3 Å². The van der Waals surface area contributed by atoms with Crippen LogP contribution in [0.25, 0.3) is 0 Å². The first-order valence-corrected chi connectivity index (χ1v) is 9.99. The SMILES string of the molecule is CCC(C)N1Cc2cc(NC(=O)c3ccccc3OC(C)=O)ccc2OC(C)C1=O. The van der Waals surface area contributed by atoms with Crippen LogP contribution in [0, 0.1) is 0 Å². The van der Waals surface area contributed by atoms with Gasteiger partial charge in [0.05, 0.1) is 5.56 Å². The molecule has 0 radical (unpaired) electrons. The number of benzene rings is 2. The summed E-state index contributed by atoms with van der Waals surface area (Å²) >= 11 is 0. The summed E-state index contributed by atoms with van der Waals surface area (Å²) in [5.41, 5.74) is 1.63. The number of amides is 2. The van der Waals surface area contributed by atoms with E-state index < -0.39 is 18.0 Å². The molecule has 2 aromatic carbocycles. The third-order valence-electron chi connectivity index (χ3n) is 5.10. The number of hydrogen-bond acceptors (Lipinski definition) is 5. The van der Waals surface area contributed by atoms with E-state index in [4.69, 9.17) is 9.47 Å². The molecule has 30 heavy (non-hydrogen) atoms. The lowest BCUT2D eigenvalue weighted by Gasteiger charge is -2.28. The molecule has 2 unspecified atom stereocenters. The Morgan fingerprint density at radius 3 is 2.70 bits per heavy atom. The minimum absolute atomic E-state index is 0.0542. The zero-order chi connectivity index (χ0) is 21.8. The molecule has 1 N–H and O–H groups in total. The Labute approximate surface area is 176 Å². The van der Waals surface area contributed by atoms with Crippen molar-refractivity contribution in [1.29, 1.82) is 0 Å². The summed E-state index contributed by atoms with van der Waals surface area (Å²) in [6.45, 7) is 7.47. The van der Waals surface area contributed by atoms with Crippen LogP contribution in [0.5, 0.6) is 11.5 Å². The maximum atomic E-state index is 12.8. The summed E-state index contributed by atoms with van der Waals surface area (Å²) in [5.74, 6) is -0.129. The second kappa shape index (κ2) is 8.98. The maximum absolute atomic E-state index is 12.8. The zero-order valence-electron chi connectivity index (χ0n) is 17.6. The highest BCUT2D eigenvalue weighted by Gasteiger charge is 2.30. The van der Waals surface area contributed by atoms with Crippen LogP contribution in [0.4, 0.5) is 5.69 Å². The van der Waals surface area contributed by atoms with Gasteiger partial charge in [-0.25, -0.2) is 0 Å². The van der Waals surface area contributed by atoms with Crippen molar-refractivity contribution in [3.63, 3.8) is 0 Å². The predicted octanol–water partition coefficient (Wildman–Crippen LogP) is 3.77. The molecular formula is C23H26N2O5. The molecule has 7 nitrogen and oxygen atoms in total. The lowest BCUT2D eigenvalue weighted by atomic mass is 10.1. The Hall–Kier alpha value is -3.35. The number of esters is 1. The number of hydrogen-bond donors (Lipinski definition) is 1. The van der Waals surface area contributed by atoms with Gasteiger partial charge in [-0.1, -0.05) is 19.1 Å². The first kappa shape index (κ1) is 21.4. The van der Waals surface area contributed by atoms with E-state index in [0.717, 1.165) is 12.0 Å². The minimum Gasteiger partial charge on any atom is -0.481 e. The second-order valence-electron chi connectivity index (χ2n) is 7.35. The highest BCUT2D eigenvalue weighted by Crippen LogP contribution is 2.30. The predicted molar refractivity (Wildman–Crippen MR) is 113 cm³/mol. The number of nitrogens with zero attached hydrogens (tertiary/aromatic N) is 1. The molecule has 0 spiro atoms. The lowest BCUT2D eigenvalue weighted by Crippen LogP contribution is -2.42. The van der Waals surface area contributed by atoms with Gasteiger partial charge < -0.3 is 19.7 Å². The maximum Gasteiger partial charge on any atom is 0.308 e. The molecule has 1 aliphatic rings. The van der Waals surface area contributed by atoms with Crippen molar-refractivity contribution >= 4 is 23.5 Å². The zero-order valence-corrected chi connectivity index (χ0v) is 17.6. The van der Waals surface area contributed by atoms with Crippen LogP contribution in [0.3, 0.4) is 0 Å². The van der Waals surface area contributed by atoms with Gasteiger partial charge in [-0.2, -0.15) is 0 Å². The van der Waals surface area contributed by atoms with Crippen LogP contribution >= 0.6 is 0 Å². The molecule has 0 saturated heterocycles. The molecule has 0 aromatic heterocycles. The fourth-order valence-corrected chi connectivity index (χ4v) is 3.32. The average Bonchev–Trinajstić information content (AvgIpc) is 2.83. The van der Waals surface area contributed by atoms with Gasteiger partial charge >= 0.3 is 5.97 Å². The number of rotatable bonds is 5. The molecule has 3 rings (SSSR count). The molecule has 0 aliphatic carbocycles. The van der Waals surface area contributed by atoms with Gasteiger partial charge in [0, 0.05) is 30.8 Å². The van der Waals surface area contributed by atoms with Gasteiger partial charge in [-0.3, -0.25) is 14.4 Å². The van der Waals surface area contributed by atoms with E-state index >= 15 is 0 Å². The molecule has 1 heterocycles. The van der Waals surface area contributed by atoms with Crippen LogP contribution in [0.2, 0.25) is 0 Å². The fourth-order valence-electron chi connectivity index (χ4n) is 3.32. The Morgan fingerprint density at radius 2 is 2.00 bits per heavy atom. The number of anilines is 1. The van der Waals surface area contributed by atoms with Gasteiger partial charge in [0.1, 0.15) is 11.5 Å². The number of nitrogens with one attached hydrogen (secondary N) is 1. The van der Waals surface area contributed by atoms with E-state index in [1.807, 2.05) is 19.9 Å². The minimum atomic E-state index is -0.573. The van der Waals surface area contributed by atoms with Gasteiger partial charge in [0.15, 0.2) is 6.10 Å². The van der Waals surface area contributed by atoms with Crippen molar-refractivity contribution in [3.05, 3.63) is 53.6 Å². The van der Waals surface area contributed by atoms with Crippen molar-refractivity contribution in [3.8, 4) is 11.5 Å². The lowest BCUT2D eigenvalue weighted by molar-refractivity contribution is -0.139. The number of para-hydroxylation sites is 1. The van der Waals surface area contributed by atoms with Crippen LogP contribution < -0.4 is 14.8 Å². The Morgan fingerprint density at radius 1 is 1.27 bits per heavy atom. The van der Waals surface area contributed by atoms with E-state index in [1.54, 1.807) is 48.2 Å². The molecule has 0 fully saturated rings. The van der Waals surface area contributed by atoms with Crippen LogP contribution in [0.1, 0.15) is 50.0 Å². The average molecular weight is 410 g/mol. The Kier molecular flexibility index (Phi) is 6.40. The fraction of sp³-hybridized carbons (Fsp3) is 0.348. The molecule has 0 bridgehead atoms. The van der Waals surface area contributed by atoms with Crippen LogP contribution in [0.15, 0.2) is 42.5 Å². The highest BCUT2D eigenvalue weighted by molar-refractivity contribution is 6.06. The second-order valence-corrected chi connectivity index (χ2v) is 7.35. The molecule has 2 atom stereocenters. The van der Waals surface area contributed by atoms with Crippen molar-refractivity contribution in [2.45, 2.75) is 52.8 Å². The third kappa shape index (κ3) is 4.62. The molecule has 2 aromatic rings. The number of carbonyl (C=O) groups excluding carboxylic acids is 3. The summed E-state index contributed by atoms with van der Waals surface area (Å²) in [6, 6.07) is 11.9. The molecular weight excluding hydrogens is 384 g/mol. The van der Waals surface area contributed by atoms with Gasteiger partial charge in [0.25, 0.3) is 11.8 Å². The summed E-state index contributed by atoms with van der Waals surface area (Å²) in [5, 5.41) is 2.83. The van der Waals surface area contributed by atoms with Crippen molar-refractivity contribution in [2.24, 2.45) is 0 Å². The van der Waals surface area contributed by atoms with E-state index in [0.29, 0.717) is 18.0 Å². The number of fused-ring (bicyclic) bond motifs is 1. The van der Waals surface area contributed by atoms with Crippen molar-refractivity contribution in [2.75, 3.05) is 5.32 Å². The standard InChI is InChI=1S/C23H26N2O5/c1-5-14(2)25-13-17-12-18(10-11-20(17)29-15(3)23(25)28)24-22(27)19-8-6-7-9-21(19)30-16(4)26/h6-12,14-15H,5,13H2,1-4H3,(H,24,27). The summed E-state index contributed by atoms with van der Waals surface area (Å²) in [6.07, 6.45) is 0.258. The van der Waals surface area contributed by atoms with Crippen molar-refractivity contribution < 1.29 is 23.9 Å². The van der Waals surface area contributed by atoms with Gasteiger partial charge in [-0.15, -0.1) is 0 Å². The summed E-state index contributed by atoms with van der Waals surface area (Å²) in [7, 11) is 0. The van der Waals surface area contributed by atoms with E-state index in [9.17, 15) is 14.4 Å². The number of carbonyl (C=O) groups is 3. The summed E-state index contributed by atoms with van der Waals surface area (Å²) < 4.78 is 11.0. The molecule has 0 saturated carbocycles. The smallest absolute Gasteiger partial charge is 0.308 e. The quantitative estimate of drug-likeness (QED) is 0.599. The summed E-state index contributed by atoms with van der Waals surface area (Å²) in [4.78, 5) is 38.6. The molecule has 2 amide bonds. The number of ether oxygens (including phenoxy) is 2. The highest BCUT2D eigenvalue weighted by atomic mass is 16.5. The Balaban J connectivity index is 1.86. The first-order chi connectivity index (χ1) is 14.3. The normalized spacial score (nSPS) is 16.7. The van der Waals surface area contributed by atoms with Crippen LogP contribution in [-0.2, 0) is 16.1 Å². The third-order valence-corrected chi connectivity index (χ3v) is 5.10. The largest absolute Gasteiger partial charge is 0.481 e. The van der Waals surface area contributed by atoms with Gasteiger partial charge in [-0.05, 0) is 50.6 Å². The van der Waals surface area contributed by atoms with E-state index in [1.165, 1.54) is 6.92 Å². The van der Waals surface area contributed by atoms with E-state index in [2.05, 4.69) is 5.32 Å². The topological polar surface area (TPSA) is 84.9 Å². The van der Waals surface area contributed by atoms with Gasteiger partial charge in [0.2, 0.25) is 0 Å².